The van der Waals surface area contributed by atoms with Gasteiger partial charge in [-0.05, 0) is 31.7 Å². The van der Waals surface area contributed by atoms with Gasteiger partial charge in [0.25, 0.3) is 5.69 Å². The Kier molecular flexibility index (Phi) is 3.65. The van der Waals surface area contributed by atoms with Crippen LogP contribution < -0.4 is 4.90 Å². The molecule has 1 atom stereocenters. The van der Waals surface area contributed by atoms with E-state index in [1.54, 1.807) is 6.07 Å². The minimum atomic E-state index is -0.944. The third-order valence-electron chi connectivity index (χ3n) is 4.17. The summed E-state index contributed by atoms with van der Waals surface area (Å²) >= 11 is 0. The van der Waals surface area contributed by atoms with Crippen LogP contribution in [0.4, 0.5) is 11.4 Å². The molecule has 6 nitrogen and oxygen atoms in total. The van der Waals surface area contributed by atoms with Crippen molar-refractivity contribution in [2.75, 3.05) is 11.4 Å². The Labute approximate surface area is 117 Å². The summed E-state index contributed by atoms with van der Waals surface area (Å²) in [7, 11) is 0. The molecule has 1 aromatic carbocycles. The van der Waals surface area contributed by atoms with Gasteiger partial charge in [-0.2, -0.15) is 0 Å². The first-order valence-electron chi connectivity index (χ1n) is 6.68. The summed E-state index contributed by atoms with van der Waals surface area (Å²) in [5, 5.41) is 20.5. The van der Waals surface area contributed by atoms with E-state index in [2.05, 4.69) is 0 Å². The number of anilines is 1. The van der Waals surface area contributed by atoms with Gasteiger partial charge in [0.1, 0.15) is 5.54 Å². The zero-order chi connectivity index (χ0) is 14.9. The van der Waals surface area contributed by atoms with Crippen molar-refractivity contribution in [3.05, 3.63) is 33.9 Å². The van der Waals surface area contributed by atoms with Crippen LogP contribution in [0.15, 0.2) is 18.2 Å². The summed E-state index contributed by atoms with van der Waals surface area (Å²) in [4.78, 5) is 24.0. The number of carboxylic acids is 1. The van der Waals surface area contributed by atoms with Crippen molar-refractivity contribution in [3.63, 3.8) is 0 Å². The molecule has 0 spiro atoms. The number of hydrogen-bond acceptors (Lipinski definition) is 4. The minimum absolute atomic E-state index is 0.00658. The van der Waals surface area contributed by atoms with E-state index in [0.717, 1.165) is 12.0 Å². The molecule has 2 rings (SSSR count). The van der Waals surface area contributed by atoms with Crippen LogP contribution in [-0.2, 0) is 4.79 Å². The van der Waals surface area contributed by atoms with Crippen LogP contribution in [0.3, 0.4) is 0 Å². The number of aliphatic carboxylic acids is 1. The van der Waals surface area contributed by atoms with Gasteiger partial charge in [-0.15, -0.1) is 0 Å². The summed E-state index contributed by atoms with van der Waals surface area (Å²) < 4.78 is 0. The molecule has 1 heterocycles. The predicted molar refractivity (Wildman–Crippen MR) is 75.1 cm³/mol. The average molecular weight is 278 g/mol. The molecule has 1 aliphatic heterocycles. The number of hydrogen-bond donors (Lipinski definition) is 1. The van der Waals surface area contributed by atoms with Gasteiger partial charge < -0.3 is 10.0 Å². The van der Waals surface area contributed by atoms with E-state index in [9.17, 15) is 20.0 Å². The Morgan fingerprint density at radius 3 is 2.80 bits per heavy atom. The zero-order valence-corrected chi connectivity index (χ0v) is 11.6. The fourth-order valence-corrected chi connectivity index (χ4v) is 2.97. The lowest BCUT2D eigenvalue weighted by Crippen LogP contribution is -2.50. The largest absolute Gasteiger partial charge is 0.479 e. The van der Waals surface area contributed by atoms with Crippen LogP contribution in [-0.4, -0.2) is 28.1 Å². The molecule has 0 amide bonds. The summed E-state index contributed by atoms with van der Waals surface area (Å²) in [6.07, 6.45) is 1.83. The molecular formula is C14H18N2O4. The molecule has 6 heteroatoms. The second kappa shape index (κ2) is 5.11. The van der Waals surface area contributed by atoms with Gasteiger partial charge in [0.05, 0.1) is 4.92 Å². The van der Waals surface area contributed by atoms with E-state index < -0.39 is 16.4 Å². The second-order valence-electron chi connectivity index (χ2n) is 5.17. The summed E-state index contributed by atoms with van der Waals surface area (Å²) in [6.45, 7) is 4.31. The lowest BCUT2D eigenvalue weighted by atomic mass is 9.92. The molecule has 0 saturated carbocycles. The van der Waals surface area contributed by atoms with Gasteiger partial charge in [0, 0.05) is 24.4 Å². The van der Waals surface area contributed by atoms with Gasteiger partial charge in [0.2, 0.25) is 0 Å². The summed E-state index contributed by atoms with van der Waals surface area (Å²) in [5.74, 6) is -0.858. The number of carboxylic acid groups (broad SMARTS) is 1. The maximum absolute atomic E-state index is 11.7. The van der Waals surface area contributed by atoms with Crippen molar-refractivity contribution in [1.82, 2.24) is 0 Å². The molecule has 108 valence electrons. The third-order valence-corrected chi connectivity index (χ3v) is 4.17. The van der Waals surface area contributed by atoms with Crippen LogP contribution in [0, 0.1) is 17.0 Å². The van der Waals surface area contributed by atoms with Crippen LogP contribution >= 0.6 is 0 Å². The maximum atomic E-state index is 11.7. The lowest BCUT2D eigenvalue weighted by molar-refractivity contribution is -0.384. The second-order valence-corrected chi connectivity index (χ2v) is 5.17. The van der Waals surface area contributed by atoms with Gasteiger partial charge in [-0.25, -0.2) is 4.79 Å². The molecule has 1 aliphatic rings. The first-order valence-corrected chi connectivity index (χ1v) is 6.68. The Morgan fingerprint density at radius 2 is 2.25 bits per heavy atom. The van der Waals surface area contributed by atoms with E-state index in [1.807, 2.05) is 18.7 Å². The number of non-ortho nitro benzene ring substituents is 1. The summed E-state index contributed by atoms with van der Waals surface area (Å²) in [6, 6.07) is 4.60. The van der Waals surface area contributed by atoms with Gasteiger partial charge >= 0.3 is 5.97 Å². The van der Waals surface area contributed by atoms with Crippen molar-refractivity contribution in [3.8, 4) is 0 Å². The number of nitro benzene ring substituents is 1. The van der Waals surface area contributed by atoms with Gasteiger partial charge in [-0.3, -0.25) is 10.1 Å². The molecule has 0 aliphatic carbocycles. The monoisotopic (exact) mass is 278 g/mol. The standard InChI is InChI=1S/C14H18N2O4/c1-3-14(13(17)18)7-4-8-15(14)12-9-11(16(19)20)6-5-10(12)2/h5-6,9H,3-4,7-8H2,1-2H3,(H,17,18). The normalized spacial score (nSPS) is 22.0. The van der Waals surface area contributed by atoms with Crippen molar-refractivity contribution in [1.29, 1.82) is 0 Å². The number of rotatable bonds is 4. The molecule has 20 heavy (non-hydrogen) atoms. The molecule has 1 unspecified atom stereocenters. The van der Waals surface area contributed by atoms with Crippen molar-refractivity contribution < 1.29 is 14.8 Å². The van der Waals surface area contributed by atoms with E-state index >= 15 is 0 Å². The number of benzene rings is 1. The first kappa shape index (κ1) is 14.3. The molecule has 1 fully saturated rings. The first-order chi connectivity index (χ1) is 9.42. The van der Waals surface area contributed by atoms with Crippen LogP contribution in [0.1, 0.15) is 31.7 Å². The zero-order valence-electron chi connectivity index (χ0n) is 11.6. The maximum Gasteiger partial charge on any atom is 0.329 e. The minimum Gasteiger partial charge on any atom is -0.479 e. The number of carbonyl (C=O) groups is 1. The Hall–Kier alpha value is -2.11. The number of nitrogens with zero attached hydrogens (tertiary/aromatic N) is 2. The Bertz CT molecular complexity index is 558. The predicted octanol–water partition coefficient (Wildman–Crippen LogP) is 2.74. The third kappa shape index (κ3) is 2.11. The smallest absolute Gasteiger partial charge is 0.329 e. The van der Waals surface area contributed by atoms with Crippen LogP contribution in [0.25, 0.3) is 0 Å². The SMILES string of the molecule is CCC1(C(=O)O)CCCN1c1cc([N+](=O)[O-])ccc1C. The number of nitro groups is 1. The van der Waals surface area contributed by atoms with E-state index in [4.69, 9.17) is 0 Å². The van der Waals surface area contributed by atoms with Gasteiger partial charge in [-0.1, -0.05) is 13.0 Å². The average Bonchev–Trinajstić information content (AvgIpc) is 2.83. The fraction of sp³-hybridized carbons (Fsp3) is 0.500. The fourth-order valence-electron chi connectivity index (χ4n) is 2.97. The topological polar surface area (TPSA) is 83.7 Å². The lowest BCUT2D eigenvalue weighted by Gasteiger charge is -2.36. The van der Waals surface area contributed by atoms with Crippen LogP contribution in [0.2, 0.25) is 0 Å². The van der Waals surface area contributed by atoms with E-state index in [1.165, 1.54) is 12.1 Å². The molecular weight excluding hydrogens is 260 g/mol. The van der Waals surface area contributed by atoms with E-state index in [-0.39, 0.29) is 5.69 Å². The Balaban J connectivity index is 2.52. The molecule has 0 aromatic heterocycles. The highest BCUT2D eigenvalue weighted by Gasteiger charge is 2.46. The molecule has 1 aromatic rings. The van der Waals surface area contributed by atoms with E-state index in [0.29, 0.717) is 25.1 Å². The molecule has 0 radical (unpaired) electrons. The highest BCUT2D eigenvalue weighted by atomic mass is 16.6. The van der Waals surface area contributed by atoms with Crippen LogP contribution in [0.5, 0.6) is 0 Å². The highest BCUT2D eigenvalue weighted by molar-refractivity contribution is 5.85. The quantitative estimate of drug-likeness (QED) is 0.676. The summed E-state index contributed by atoms with van der Waals surface area (Å²) in [5.41, 5.74) is 0.561. The molecule has 0 bridgehead atoms. The number of aryl methyl sites for hydroxylation is 1. The van der Waals surface area contributed by atoms with Crippen molar-refractivity contribution in [2.45, 2.75) is 38.6 Å². The molecule has 1 N–H and O–H groups in total. The molecule has 1 saturated heterocycles. The van der Waals surface area contributed by atoms with Crippen molar-refractivity contribution in [2.24, 2.45) is 0 Å². The van der Waals surface area contributed by atoms with Crippen molar-refractivity contribution >= 4 is 17.3 Å². The highest BCUT2D eigenvalue weighted by Crippen LogP contribution is 2.39. The Morgan fingerprint density at radius 1 is 1.55 bits per heavy atom. The van der Waals surface area contributed by atoms with Gasteiger partial charge in [0.15, 0.2) is 0 Å².